The van der Waals surface area contributed by atoms with Gasteiger partial charge in [0.2, 0.25) is 0 Å². The van der Waals surface area contributed by atoms with Crippen LogP contribution in [0.25, 0.3) is 5.69 Å². The van der Waals surface area contributed by atoms with Crippen LogP contribution in [-0.4, -0.2) is 46.6 Å². The molecule has 7 heteroatoms. The molecular formula is C24H31IN6. The van der Waals surface area contributed by atoms with Crippen LogP contribution >= 0.6 is 24.0 Å². The number of nitrogens with one attached hydrogen (secondary N) is 2. The van der Waals surface area contributed by atoms with Crippen LogP contribution in [0, 0.1) is 0 Å². The average molecular weight is 530 g/mol. The van der Waals surface area contributed by atoms with E-state index in [0.717, 1.165) is 31.3 Å². The predicted octanol–water partition coefficient (Wildman–Crippen LogP) is 3.82. The van der Waals surface area contributed by atoms with Crippen molar-refractivity contribution >= 4 is 29.9 Å². The number of imidazole rings is 1. The molecule has 3 aromatic rings. The van der Waals surface area contributed by atoms with Crippen LogP contribution in [0.15, 0.2) is 78.3 Å². The number of rotatable bonds is 7. The molecule has 1 aliphatic rings. The van der Waals surface area contributed by atoms with Crippen molar-refractivity contribution in [3.8, 4) is 5.69 Å². The Bertz CT molecular complexity index is 942. The molecule has 0 aliphatic carbocycles. The molecule has 0 radical (unpaired) electrons. The van der Waals surface area contributed by atoms with Crippen LogP contribution in [0.1, 0.15) is 24.0 Å². The minimum absolute atomic E-state index is 0. The predicted molar refractivity (Wildman–Crippen MR) is 137 cm³/mol. The summed E-state index contributed by atoms with van der Waals surface area (Å²) in [5.41, 5.74) is 3.70. The first-order chi connectivity index (χ1) is 14.8. The van der Waals surface area contributed by atoms with Crippen LogP contribution in [0.5, 0.6) is 0 Å². The molecule has 0 spiro atoms. The third-order valence-corrected chi connectivity index (χ3v) is 5.68. The molecule has 164 valence electrons. The maximum Gasteiger partial charge on any atom is 0.191 e. The first-order valence-electron chi connectivity index (χ1n) is 10.6. The topological polar surface area (TPSA) is 57.5 Å². The van der Waals surface area contributed by atoms with Crippen molar-refractivity contribution in [2.45, 2.75) is 32.0 Å². The summed E-state index contributed by atoms with van der Waals surface area (Å²) >= 11 is 0. The standard InChI is InChI=1S/C24H30N6.HI/c1-25-24(27-16-21-10-5-6-12-23(21)30-15-13-26-19-30)28-17-22-11-7-14-29(22)18-20-8-3-2-4-9-20;/h2-6,8-10,12-13,15,19,22H,7,11,14,16-18H2,1H3,(H2,25,27,28);1H. The van der Waals surface area contributed by atoms with Gasteiger partial charge in [0.25, 0.3) is 0 Å². The maximum absolute atomic E-state index is 4.42. The van der Waals surface area contributed by atoms with Crippen molar-refractivity contribution < 1.29 is 0 Å². The summed E-state index contributed by atoms with van der Waals surface area (Å²) < 4.78 is 2.03. The molecule has 0 saturated carbocycles. The van der Waals surface area contributed by atoms with Crippen LogP contribution in [0.4, 0.5) is 0 Å². The van der Waals surface area contributed by atoms with E-state index in [2.05, 4.69) is 74.0 Å². The molecule has 1 saturated heterocycles. The summed E-state index contributed by atoms with van der Waals surface area (Å²) in [4.78, 5) is 11.2. The lowest BCUT2D eigenvalue weighted by molar-refractivity contribution is 0.245. The number of benzene rings is 2. The van der Waals surface area contributed by atoms with Gasteiger partial charge in [-0.2, -0.15) is 0 Å². The van der Waals surface area contributed by atoms with Crippen LogP contribution in [-0.2, 0) is 13.1 Å². The summed E-state index contributed by atoms with van der Waals surface area (Å²) in [6, 6.07) is 19.6. The SMILES string of the molecule is CN=C(NCc1ccccc1-n1ccnc1)NCC1CCCN1Cc1ccccc1.I. The normalized spacial score (nSPS) is 16.7. The molecule has 2 aromatic carbocycles. The molecule has 1 unspecified atom stereocenters. The molecule has 1 atom stereocenters. The Morgan fingerprint density at radius 2 is 1.90 bits per heavy atom. The summed E-state index contributed by atoms with van der Waals surface area (Å²) in [6.45, 7) is 3.77. The van der Waals surface area contributed by atoms with Crippen molar-refractivity contribution in [2.24, 2.45) is 4.99 Å². The van der Waals surface area contributed by atoms with Gasteiger partial charge in [-0.1, -0.05) is 48.5 Å². The van der Waals surface area contributed by atoms with E-state index in [1.54, 1.807) is 6.20 Å². The molecule has 1 fully saturated rings. The van der Waals surface area contributed by atoms with Gasteiger partial charge in [-0.3, -0.25) is 9.89 Å². The van der Waals surface area contributed by atoms with Crippen molar-refractivity contribution in [2.75, 3.05) is 20.1 Å². The molecule has 31 heavy (non-hydrogen) atoms. The number of aromatic nitrogens is 2. The first kappa shape index (κ1) is 23.3. The van der Waals surface area contributed by atoms with Gasteiger partial charge in [-0.25, -0.2) is 4.98 Å². The average Bonchev–Trinajstić information content (AvgIpc) is 3.47. The fraction of sp³-hybridized carbons (Fsp3) is 0.333. The van der Waals surface area contributed by atoms with E-state index in [9.17, 15) is 0 Å². The van der Waals surface area contributed by atoms with Gasteiger partial charge in [-0.05, 0) is 36.6 Å². The Labute approximate surface area is 201 Å². The van der Waals surface area contributed by atoms with Gasteiger partial charge >= 0.3 is 0 Å². The maximum atomic E-state index is 4.42. The molecule has 2 N–H and O–H groups in total. The lowest BCUT2D eigenvalue weighted by Crippen LogP contribution is -2.44. The van der Waals surface area contributed by atoms with E-state index in [1.807, 2.05) is 30.2 Å². The third-order valence-electron chi connectivity index (χ3n) is 5.68. The third kappa shape index (κ3) is 6.30. The number of hydrogen-bond acceptors (Lipinski definition) is 3. The molecule has 1 aromatic heterocycles. The summed E-state index contributed by atoms with van der Waals surface area (Å²) in [6.07, 6.45) is 8.07. The van der Waals surface area contributed by atoms with Crippen LogP contribution in [0.2, 0.25) is 0 Å². The first-order valence-corrected chi connectivity index (χ1v) is 10.6. The molecule has 6 nitrogen and oxygen atoms in total. The zero-order valence-electron chi connectivity index (χ0n) is 17.9. The van der Waals surface area contributed by atoms with E-state index in [1.165, 1.54) is 24.0 Å². The summed E-state index contributed by atoms with van der Waals surface area (Å²) in [5.74, 6) is 0.835. The summed E-state index contributed by atoms with van der Waals surface area (Å²) in [7, 11) is 1.83. The van der Waals surface area contributed by atoms with Gasteiger partial charge < -0.3 is 15.2 Å². The number of likely N-dealkylation sites (tertiary alicyclic amines) is 1. The van der Waals surface area contributed by atoms with Crippen molar-refractivity contribution in [3.63, 3.8) is 0 Å². The largest absolute Gasteiger partial charge is 0.355 e. The second-order valence-corrected chi connectivity index (χ2v) is 7.66. The van der Waals surface area contributed by atoms with E-state index in [0.29, 0.717) is 12.6 Å². The van der Waals surface area contributed by atoms with Gasteiger partial charge in [0, 0.05) is 45.1 Å². The number of nitrogens with zero attached hydrogens (tertiary/aromatic N) is 4. The number of halogens is 1. The smallest absolute Gasteiger partial charge is 0.191 e. The highest BCUT2D eigenvalue weighted by Crippen LogP contribution is 2.19. The lowest BCUT2D eigenvalue weighted by Gasteiger charge is -2.25. The van der Waals surface area contributed by atoms with Crippen molar-refractivity contribution in [1.29, 1.82) is 0 Å². The Hall–Kier alpha value is -2.39. The minimum atomic E-state index is 0. The zero-order valence-corrected chi connectivity index (χ0v) is 20.3. The van der Waals surface area contributed by atoms with E-state index in [4.69, 9.17) is 0 Å². The number of guanidine groups is 1. The molecule has 1 aliphatic heterocycles. The van der Waals surface area contributed by atoms with Gasteiger partial charge in [-0.15, -0.1) is 24.0 Å². The Balaban J connectivity index is 0.00000272. The van der Waals surface area contributed by atoms with Crippen molar-refractivity contribution in [3.05, 3.63) is 84.4 Å². The Morgan fingerprint density at radius 1 is 1.10 bits per heavy atom. The summed E-state index contributed by atoms with van der Waals surface area (Å²) in [5, 5.41) is 6.99. The van der Waals surface area contributed by atoms with E-state index >= 15 is 0 Å². The van der Waals surface area contributed by atoms with Crippen molar-refractivity contribution in [1.82, 2.24) is 25.1 Å². The van der Waals surface area contributed by atoms with Crippen LogP contribution in [0.3, 0.4) is 0 Å². The molecule has 4 rings (SSSR count). The van der Waals surface area contributed by atoms with E-state index < -0.39 is 0 Å². The van der Waals surface area contributed by atoms with Crippen LogP contribution < -0.4 is 10.6 Å². The molecule has 0 bridgehead atoms. The second-order valence-electron chi connectivity index (χ2n) is 7.66. The lowest BCUT2D eigenvalue weighted by atomic mass is 10.1. The van der Waals surface area contributed by atoms with Gasteiger partial charge in [0.1, 0.15) is 0 Å². The highest BCUT2D eigenvalue weighted by Gasteiger charge is 2.24. The Kier molecular flexibility index (Phi) is 8.90. The highest BCUT2D eigenvalue weighted by atomic mass is 127. The second kappa shape index (κ2) is 11.9. The molecule has 0 amide bonds. The number of hydrogen-bond donors (Lipinski definition) is 2. The molecule has 2 heterocycles. The Morgan fingerprint density at radius 3 is 2.68 bits per heavy atom. The molecular weight excluding hydrogens is 499 g/mol. The number of aliphatic imine (C=N–C) groups is 1. The monoisotopic (exact) mass is 530 g/mol. The fourth-order valence-corrected chi connectivity index (χ4v) is 4.08. The quantitative estimate of drug-likeness (QED) is 0.277. The minimum Gasteiger partial charge on any atom is -0.355 e. The fourth-order valence-electron chi connectivity index (χ4n) is 4.08. The highest BCUT2D eigenvalue weighted by molar-refractivity contribution is 14.0. The van der Waals surface area contributed by atoms with E-state index in [-0.39, 0.29) is 24.0 Å². The van der Waals surface area contributed by atoms with Gasteiger partial charge in [0.15, 0.2) is 5.96 Å². The van der Waals surface area contributed by atoms with Gasteiger partial charge in [0.05, 0.1) is 12.0 Å². The zero-order chi connectivity index (χ0) is 20.6. The number of para-hydroxylation sites is 1.